The van der Waals surface area contributed by atoms with E-state index in [2.05, 4.69) is 4.98 Å². The number of carbonyl (C=O) groups is 1. The number of carbonyl (C=O) groups excluding carboxylic acids is 1. The highest BCUT2D eigenvalue weighted by Crippen LogP contribution is 2.13. The van der Waals surface area contributed by atoms with E-state index < -0.39 is 0 Å². The van der Waals surface area contributed by atoms with Gasteiger partial charge in [-0.1, -0.05) is 0 Å². The summed E-state index contributed by atoms with van der Waals surface area (Å²) in [5.41, 5.74) is 6.90. The third-order valence-corrected chi connectivity index (χ3v) is 1.70. The monoisotopic (exact) mass is 191 g/mol. The van der Waals surface area contributed by atoms with Crippen molar-refractivity contribution in [2.24, 2.45) is 0 Å². The topological polar surface area (TPSA) is 69.6 Å². The first-order valence-electron chi connectivity index (χ1n) is 4.08. The van der Waals surface area contributed by atoms with E-state index in [0.717, 1.165) is 0 Å². The normalized spacial score (nSPS) is 10.4. The molecule has 14 heavy (non-hydrogen) atoms. The van der Waals surface area contributed by atoms with E-state index in [0.29, 0.717) is 11.3 Å². The van der Waals surface area contributed by atoms with Gasteiger partial charge in [0.15, 0.2) is 0 Å². The van der Waals surface area contributed by atoms with Crippen molar-refractivity contribution in [1.29, 1.82) is 0 Å². The Bertz CT molecular complexity index is 490. The van der Waals surface area contributed by atoms with Gasteiger partial charge in [0.25, 0.3) is 0 Å². The van der Waals surface area contributed by atoms with Crippen molar-refractivity contribution < 1.29 is 9.53 Å². The maximum Gasteiger partial charge on any atom is 0.309 e. The van der Waals surface area contributed by atoms with Crippen LogP contribution in [0.1, 0.15) is 6.92 Å². The maximum absolute atomic E-state index is 10.7. The van der Waals surface area contributed by atoms with Crippen molar-refractivity contribution in [2.75, 3.05) is 5.73 Å². The molecule has 0 aromatic carbocycles. The zero-order valence-electron chi connectivity index (χ0n) is 7.60. The number of nitrogens with zero attached hydrogens (tertiary/aromatic N) is 2. The number of pyridine rings is 1. The van der Waals surface area contributed by atoms with Gasteiger partial charge in [-0.15, -0.1) is 0 Å². The Balaban J connectivity index is 2.46. The number of nitrogens with two attached hydrogens (primary N) is 1. The molecule has 0 spiro atoms. The van der Waals surface area contributed by atoms with Crippen LogP contribution in [0.4, 0.5) is 5.69 Å². The summed E-state index contributed by atoms with van der Waals surface area (Å²) in [5, 5.41) is 0. The second-order valence-electron chi connectivity index (χ2n) is 2.90. The average Bonchev–Trinajstić information content (AvgIpc) is 2.44. The van der Waals surface area contributed by atoms with Crippen LogP contribution in [0, 0.1) is 0 Å². The van der Waals surface area contributed by atoms with Gasteiger partial charge >= 0.3 is 5.97 Å². The van der Waals surface area contributed by atoms with Gasteiger partial charge < -0.3 is 14.9 Å². The third kappa shape index (κ3) is 1.52. The molecule has 0 radical (unpaired) electrons. The Hall–Kier alpha value is -2.04. The summed E-state index contributed by atoms with van der Waals surface area (Å²) >= 11 is 0. The Morgan fingerprint density at radius 3 is 3.00 bits per heavy atom. The molecule has 0 amide bonds. The number of aromatic nitrogens is 2. The van der Waals surface area contributed by atoms with Crippen molar-refractivity contribution >= 4 is 17.3 Å². The Labute approximate surface area is 80.1 Å². The lowest BCUT2D eigenvalue weighted by atomic mass is 10.4. The van der Waals surface area contributed by atoms with Crippen molar-refractivity contribution in [1.82, 2.24) is 9.38 Å². The molecule has 2 rings (SSSR count). The molecule has 0 unspecified atom stereocenters. The zero-order valence-corrected chi connectivity index (χ0v) is 7.60. The van der Waals surface area contributed by atoms with E-state index in [9.17, 15) is 4.79 Å². The van der Waals surface area contributed by atoms with Gasteiger partial charge in [-0.25, -0.2) is 0 Å². The van der Waals surface area contributed by atoms with E-state index in [1.165, 1.54) is 6.92 Å². The molecule has 5 nitrogen and oxygen atoms in total. The number of imidazole rings is 1. The number of anilines is 1. The van der Waals surface area contributed by atoms with Crippen molar-refractivity contribution in [3.8, 4) is 5.88 Å². The smallest absolute Gasteiger partial charge is 0.309 e. The summed E-state index contributed by atoms with van der Waals surface area (Å²) in [6, 6.07) is 3.49. The molecule has 2 aromatic rings. The predicted octanol–water partition coefficient (Wildman–Crippen LogP) is 0.842. The highest BCUT2D eigenvalue weighted by Gasteiger charge is 2.04. The first kappa shape index (κ1) is 8.55. The first-order valence-corrected chi connectivity index (χ1v) is 4.08. The molecule has 72 valence electrons. The van der Waals surface area contributed by atoms with Crippen LogP contribution in [0.5, 0.6) is 5.88 Å². The lowest BCUT2D eigenvalue weighted by Crippen LogP contribution is -2.00. The second kappa shape index (κ2) is 3.02. The van der Waals surface area contributed by atoms with Crippen LogP contribution in [0.15, 0.2) is 24.5 Å². The fraction of sp³-hybridized carbons (Fsp3) is 0.111. The summed E-state index contributed by atoms with van der Waals surface area (Å²) in [6.07, 6.45) is 3.31. The lowest BCUT2D eigenvalue weighted by molar-refractivity contribution is -0.132. The summed E-state index contributed by atoms with van der Waals surface area (Å²) < 4.78 is 6.53. The molecular weight excluding hydrogens is 182 g/mol. The van der Waals surface area contributed by atoms with Crippen molar-refractivity contribution in [3.63, 3.8) is 0 Å². The minimum Gasteiger partial charge on any atom is -0.406 e. The first-order chi connectivity index (χ1) is 6.65. The molecule has 0 aliphatic rings. The molecule has 2 N–H and O–H groups in total. The van der Waals surface area contributed by atoms with Crippen LogP contribution < -0.4 is 10.5 Å². The van der Waals surface area contributed by atoms with Crippen LogP contribution >= 0.6 is 0 Å². The summed E-state index contributed by atoms with van der Waals surface area (Å²) in [6.45, 7) is 1.33. The number of nitrogen functional groups attached to an aromatic ring is 1. The minimum atomic E-state index is -0.388. The number of rotatable bonds is 1. The van der Waals surface area contributed by atoms with Gasteiger partial charge in [0.05, 0.1) is 6.20 Å². The summed E-state index contributed by atoms with van der Waals surface area (Å²) in [5.74, 6) is -0.107. The largest absolute Gasteiger partial charge is 0.406 e. The quantitative estimate of drug-likeness (QED) is 0.678. The second-order valence-corrected chi connectivity index (χ2v) is 2.90. The molecule has 5 heteroatoms. The summed E-state index contributed by atoms with van der Waals surface area (Å²) in [4.78, 5) is 14.7. The van der Waals surface area contributed by atoms with Crippen LogP contribution in [-0.2, 0) is 4.79 Å². The third-order valence-electron chi connectivity index (χ3n) is 1.70. The van der Waals surface area contributed by atoms with E-state index in [1.807, 2.05) is 0 Å². The lowest BCUT2D eigenvalue weighted by Gasteiger charge is -1.92. The van der Waals surface area contributed by atoms with Crippen LogP contribution in [0.25, 0.3) is 5.65 Å². The van der Waals surface area contributed by atoms with Gasteiger partial charge in [0.1, 0.15) is 5.65 Å². The molecule has 2 heterocycles. The zero-order chi connectivity index (χ0) is 10.1. The van der Waals surface area contributed by atoms with Crippen molar-refractivity contribution in [2.45, 2.75) is 6.92 Å². The molecule has 0 saturated carbocycles. The van der Waals surface area contributed by atoms with E-state index >= 15 is 0 Å². The number of ether oxygens (including phenoxy) is 1. The number of esters is 1. The molecule has 0 aliphatic carbocycles. The molecular formula is C9H9N3O2. The van der Waals surface area contributed by atoms with E-state index in [1.54, 1.807) is 28.9 Å². The average molecular weight is 191 g/mol. The fourth-order valence-corrected chi connectivity index (χ4v) is 1.18. The molecule has 0 atom stereocenters. The van der Waals surface area contributed by atoms with Gasteiger partial charge in [0, 0.05) is 18.8 Å². The molecule has 0 fully saturated rings. The predicted molar refractivity (Wildman–Crippen MR) is 50.9 cm³/mol. The Kier molecular flexibility index (Phi) is 1.85. The van der Waals surface area contributed by atoms with Gasteiger partial charge in [0.2, 0.25) is 5.88 Å². The van der Waals surface area contributed by atoms with Gasteiger partial charge in [-0.3, -0.25) is 4.79 Å². The van der Waals surface area contributed by atoms with E-state index in [4.69, 9.17) is 10.5 Å². The number of hydrogen-bond acceptors (Lipinski definition) is 4. The van der Waals surface area contributed by atoms with Gasteiger partial charge in [-0.2, -0.15) is 4.98 Å². The maximum atomic E-state index is 10.7. The Morgan fingerprint density at radius 2 is 2.29 bits per heavy atom. The highest BCUT2D eigenvalue weighted by atomic mass is 16.5. The molecule has 2 aromatic heterocycles. The highest BCUT2D eigenvalue weighted by molar-refractivity contribution is 5.69. The Morgan fingerprint density at radius 1 is 1.50 bits per heavy atom. The van der Waals surface area contributed by atoms with Crippen LogP contribution in [0.3, 0.4) is 0 Å². The van der Waals surface area contributed by atoms with Crippen LogP contribution in [0.2, 0.25) is 0 Å². The number of hydrogen-bond donors (Lipinski definition) is 1. The van der Waals surface area contributed by atoms with Gasteiger partial charge in [-0.05, 0) is 12.1 Å². The minimum absolute atomic E-state index is 0.281. The SMILES string of the molecule is CC(=O)Oc1cn2cc(N)ccc2n1. The van der Waals surface area contributed by atoms with E-state index in [-0.39, 0.29) is 11.8 Å². The molecule has 0 saturated heterocycles. The van der Waals surface area contributed by atoms with Crippen LogP contribution in [-0.4, -0.2) is 15.4 Å². The fourth-order valence-electron chi connectivity index (χ4n) is 1.18. The molecule has 0 bridgehead atoms. The van der Waals surface area contributed by atoms with Crippen molar-refractivity contribution in [3.05, 3.63) is 24.5 Å². The summed E-state index contributed by atoms with van der Waals surface area (Å²) in [7, 11) is 0. The number of fused-ring (bicyclic) bond motifs is 1. The standard InChI is InChI=1S/C9H9N3O2/c1-6(13)14-9-5-12-4-7(10)2-3-8(12)11-9/h2-5H,10H2,1H3. The molecule has 0 aliphatic heterocycles.